The zero-order valence-corrected chi connectivity index (χ0v) is 9.32. The minimum Gasteiger partial charge on any atom is -0.383 e. The van der Waals surface area contributed by atoms with Gasteiger partial charge in [0.05, 0.1) is 12.6 Å². The first-order valence-corrected chi connectivity index (χ1v) is 4.91. The summed E-state index contributed by atoms with van der Waals surface area (Å²) in [5, 5.41) is 13.2. The second-order valence-corrected chi connectivity index (χ2v) is 3.45. The number of anilines is 1. The van der Waals surface area contributed by atoms with E-state index in [0.717, 1.165) is 6.42 Å². The molecule has 15 heavy (non-hydrogen) atoms. The van der Waals surface area contributed by atoms with E-state index in [1.54, 1.807) is 11.8 Å². The fourth-order valence-corrected chi connectivity index (χ4v) is 1.36. The van der Waals surface area contributed by atoms with Crippen molar-refractivity contribution >= 4 is 5.82 Å². The highest BCUT2D eigenvalue weighted by atomic mass is 16.5. The summed E-state index contributed by atoms with van der Waals surface area (Å²) in [6, 6.07) is 2.26. The second kappa shape index (κ2) is 4.80. The van der Waals surface area contributed by atoms with Crippen molar-refractivity contribution in [2.75, 3.05) is 12.8 Å². The van der Waals surface area contributed by atoms with Crippen LogP contribution in [-0.2, 0) is 11.3 Å². The van der Waals surface area contributed by atoms with Gasteiger partial charge in [-0.1, -0.05) is 6.92 Å². The van der Waals surface area contributed by atoms with Crippen LogP contribution >= 0.6 is 0 Å². The fourth-order valence-electron chi connectivity index (χ4n) is 1.36. The molecule has 0 spiro atoms. The van der Waals surface area contributed by atoms with E-state index in [1.165, 1.54) is 0 Å². The molecule has 0 bridgehead atoms. The van der Waals surface area contributed by atoms with E-state index in [-0.39, 0.29) is 6.04 Å². The van der Waals surface area contributed by atoms with Crippen LogP contribution in [0.4, 0.5) is 5.82 Å². The number of aromatic nitrogens is 2. The molecule has 1 atom stereocenters. The molecule has 0 saturated carbocycles. The summed E-state index contributed by atoms with van der Waals surface area (Å²) in [7, 11) is 1.57. The number of nitriles is 1. The van der Waals surface area contributed by atoms with Crippen molar-refractivity contribution in [3.8, 4) is 6.07 Å². The van der Waals surface area contributed by atoms with E-state index >= 15 is 0 Å². The van der Waals surface area contributed by atoms with Gasteiger partial charge in [0.25, 0.3) is 0 Å². The third-order valence-corrected chi connectivity index (χ3v) is 2.42. The summed E-state index contributed by atoms with van der Waals surface area (Å²) in [4.78, 5) is 0. The molecular formula is C10H16N4O. The molecule has 0 aliphatic heterocycles. The highest BCUT2D eigenvalue weighted by molar-refractivity contribution is 5.52. The Bertz CT molecular complexity index is 378. The Morgan fingerprint density at radius 3 is 2.80 bits per heavy atom. The summed E-state index contributed by atoms with van der Waals surface area (Å²) in [6.07, 6.45) is 0.920. The summed E-state index contributed by atoms with van der Waals surface area (Å²) in [6.45, 7) is 4.38. The van der Waals surface area contributed by atoms with E-state index in [2.05, 4.69) is 11.2 Å². The van der Waals surface area contributed by atoms with Crippen molar-refractivity contribution in [1.29, 1.82) is 5.26 Å². The normalized spacial score (nSPS) is 12.4. The minimum atomic E-state index is 0.197. The van der Waals surface area contributed by atoms with E-state index in [4.69, 9.17) is 15.7 Å². The molecule has 5 heteroatoms. The molecule has 0 aliphatic rings. The zero-order valence-electron chi connectivity index (χ0n) is 9.32. The van der Waals surface area contributed by atoms with Crippen molar-refractivity contribution < 1.29 is 4.74 Å². The monoisotopic (exact) mass is 208 g/mol. The molecule has 0 saturated heterocycles. The number of nitrogens with zero attached hydrogens (tertiary/aromatic N) is 3. The molecule has 1 aromatic heterocycles. The fraction of sp³-hybridized carbons (Fsp3) is 0.600. The molecule has 1 aromatic rings. The van der Waals surface area contributed by atoms with Crippen molar-refractivity contribution in [2.24, 2.45) is 0 Å². The van der Waals surface area contributed by atoms with Crippen LogP contribution in [0.15, 0.2) is 0 Å². The maximum absolute atomic E-state index is 8.95. The number of methoxy groups -OCH3 is 1. The van der Waals surface area contributed by atoms with Crippen LogP contribution in [0.5, 0.6) is 0 Å². The van der Waals surface area contributed by atoms with Gasteiger partial charge in [0.1, 0.15) is 23.1 Å². The Kier molecular flexibility index (Phi) is 3.69. The lowest BCUT2D eigenvalue weighted by Gasteiger charge is -2.10. The topological polar surface area (TPSA) is 76.9 Å². The molecule has 0 radical (unpaired) electrons. The Balaban J connectivity index is 3.16. The van der Waals surface area contributed by atoms with Crippen LogP contribution in [0.2, 0.25) is 0 Å². The number of hydrogen-bond acceptors (Lipinski definition) is 4. The lowest BCUT2D eigenvalue weighted by Crippen LogP contribution is -2.09. The quantitative estimate of drug-likeness (QED) is 0.812. The molecular weight excluding hydrogens is 192 g/mol. The van der Waals surface area contributed by atoms with E-state index in [1.807, 2.05) is 13.8 Å². The summed E-state index contributed by atoms with van der Waals surface area (Å²) in [5.41, 5.74) is 6.88. The smallest absolute Gasteiger partial charge is 0.140 e. The first-order valence-electron chi connectivity index (χ1n) is 4.91. The highest BCUT2D eigenvalue weighted by Crippen LogP contribution is 2.21. The maximum Gasteiger partial charge on any atom is 0.140 e. The van der Waals surface area contributed by atoms with Gasteiger partial charge in [0, 0.05) is 7.11 Å². The molecule has 0 aromatic carbocycles. The van der Waals surface area contributed by atoms with Crippen LogP contribution in [0.1, 0.15) is 37.6 Å². The van der Waals surface area contributed by atoms with Gasteiger partial charge in [0.15, 0.2) is 0 Å². The van der Waals surface area contributed by atoms with Crippen molar-refractivity contribution in [3.05, 3.63) is 11.3 Å². The lowest BCUT2D eigenvalue weighted by molar-refractivity contribution is 0.180. The molecule has 0 amide bonds. The van der Waals surface area contributed by atoms with Crippen LogP contribution < -0.4 is 5.73 Å². The number of ether oxygens (including phenoxy) is 1. The average molecular weight is 208 g/mol. The number of nitrogen functional groups attached to an aromatic ring is 1. The lowest BCUT2D eigenvalue weighted by atomic mass is 10.2. The Labute approximate surface area is 89.4 Å². The van der Waals surface area contributed by atoms with Crippen LogP contribution in [0.3, 0.4) is 0 Å². The number of hydrogen-bond donors (Lipinski definition) is 1. The molecule has 82 valence electrons. The average Bonchev–Trinajstić information content (AvgIpc) is 2.55. The molecule has 1 heterocycles. The van der Waals surface area contributed by atoms with E-state index in [0.29, 0.717) is 23.7 Å². The second-order valence-electron chi connectivity index (χ2n) is 3.45. The predicted octanol–water partition coefficient (Wildman–Crippen LogP) is 1.45. The van der Waals surface area contributed by atoms with Crippen molar-refractivity contribution in [2.45, 2.75) is 32.9 Å². The van der Waals surface area contributed by atoms with Gasteiger partial charge < -0.3 is 10.5 Å². The molecule has 0 unspecified atom stereocenters. The van der Waals surface area contributed by atoms with Gasteiger partial charge >= 0.3 is 0 Å². The predicted molar refractivity (Wildman–Crippen MR) is 57.1 cm³/mol. The summed E-state index contributed by atoms with van der Waals surface area (Å²) >= 11 is 0. The molecule has 5 nitrogen and oxygen atoms in total. The Morgan fingerprint density at radius 2 is 2.33 bits per heavy atom. The first-order chi connectivity index (χ1) is 7.15. The Morgan fingerprint density at radius 1 is 1.67 bits per heavy atom. The van der Waals surface area contributed by atoms with Crippen LogP contribution in [0.25, 0.3) is 0 Å². The SMILES string of the molecule is CC[C@@H](C)n1nc(COC)c(C#N)c1N. The Hall–Kier alpha value is -1.54. The number of rotatable bonds is 4. The third-order valence-electron chi connectivity index (χ3n) is 2.42. The summed E-state index contributed by atoms with van der Waals surface area (Å²) in [5.74, 6) is 0.430. The van der Waals surface area contributed by atoms with Crippen LogP contribution in [0, 0.1) is 11.3 Å². The standard InChI is InChI=1S/C10H16N4O/c1-4-7(2)14-10(12)8(5-11)9(13-14)6-15-3/h7H,4,6,12H2,1-3H3/t7-/m1/s1. The maximum atomic E-state index is 8.95. The highest BCUT2D eigenvalue weighted by Gasteiger charge is 2.17. The van der Waals surface area contributed by atoms with Gasteiger partial charge in [-0.3, -0.25) is 0 Å². The molecule has 1 rings (SSSR count). The van der Waals surface area contributed by atoms with Gasteiger partial charge in [0.2, 0.25) is 0 Å². The molecule has 0 aliphatic carbocycles. The van der Waals surface area contributed by atoms with Crippen molar-refractivity contribution in [3.63, 3.8) is 0 Å². The molecule has 2 N–H and O–H groups in total. The summed E-state index contributed by atoms with van der Waals surface area (Å²) < 4.78 is 6.66. The molecule has 0 fully saturated rings. The zero-order chi connectivity index (χ0) is 11.4. The van der Waals surface area contributed by atoms with Gasteiger partial charge in [-0.15, -0.1) is 0 Å². The number of nitrogens with two attached hydrogens (primary N) is 1. The van der Waals surface area contributed by atoms with Crippen LogP contribution in [-0.4, -0.2) is 16.9 Å². The first kappa shape index (κ1) is 11.5. The van der Waals surface area contributed by atoms with E-state index in [9.17, 15) is 0 Å². The van der Waals surface area contributed by atoms with Crippen molar-refractivity contribution in [1.82, 2.24) is 9.78 Å². The van der Waals surface area contributed by atoms with Gasteiger partial charge in [-0.2, -0.15) is 10.4 Å². The van der Waals surface area contributed by atoms with Gasteiger partial charge in [-0.05, 0) is 13.3 Å². The van der Waals surface area contributed by atoms with E-state index < -0.39 is 0 Å². The van der Waals surface area contributed by atoms with Gasteiger partial charge in [-0.25, -0.2) is 4.68 Å². The largest absolute Gasteiger partial charge is 0.383 e. The minimum absolute atomic E-state index is 0.197. The third kappa shape index (κ3) is 2.10.